The summed E-state index contributed by atoms with van der Waals surface area (Å²) in [5.74, 6) is 1.36. The van der Waals surface area contributed by atoms with Crippen molar-refractivity contribution in [1.82, 2.24) is 10.3 Å². The Bertz CT molecular complexity index is 1240. The van der Waals surface area contributed by atoms with Crippen molar-refractivity contribution >= 4 is 11.6 Å². The summed E-state index contributed by atoms with van der Waals surface area (Å²) >= 11 is 0. The molecule has 2 heterocycles. The lowest BCUT2D eigenvalue weighted by atomic mass is 9.89. The normalized spacial score (nSPS) is 14.1. The number of para-hydroxylation sites is 2. The second kappa shape index (κ2) is 8.27. The van der Waals surface area contributed by atoms with Crippen molar-refractivity contribution in [2.24, 2.45) is 0 Å². The number of aromatic amines is 1. The van der Waals surface area contributed by atoms with Gasteiger partial charge in [0.2, 0.25) is 0 Å². The van der Waals surface area contributed by atoms with Crippen LogP contribution in [-0.2, 0) is 6.54 Å². The summed E-state index contributed by atoms with van der Waals surface area (Å²) in [5.41, 5.74) is 4.41. The summed E-state index contributed by atoms with van der Waals surface area (Å²) in [4.78, 5) is 15.8. The van der Waals surface area contributed by atoms with Crippen molar-refractivity contribution < 1.29 is 9.47 Å². The average Bonchev–Trinajstić information content (AvgIpc) is 2.79. The molecule has 0 bridgehead atoms. The van der Waals surface area contributed by atoms with E-state index in [2.05, 4.69) is 16.4 Å². The van der Waals surface area contributed by atoms with E-state index in [4.69, 9.17) is 9.47 Å². The first-order valence-electron chi connectivity index (χ1n) is 9.55. The first kappa shape index (κ1) is 19.5. The highest BCUT2D eigenvalue weighted by atomic mass is 16.5. The molecule has 0 saturated heterocycles. The van der Waals surface area contributed by atoms with Crippen molar-refractivity contribution in [3.05, 3.63) is 81.3 Å². The van der Waals surface area contributed by atoms with Gasteiger partial charge in [-0.2, -0.15) is 5.26 Å². The van der Waals surface area contributed by atoms with Crippen LogP contribution in [0, 0.1) is 11.3 Å². The highest BCUT2D eigenvalue weighted by molar-refractivity contribution is 5.89. The monoisotopic (exact) mass is 399 g/mol. The van der Waals surface area contributed by atoms with E-state index in [9.17, 15) is 10.1 Å². The summed E-state index contributed by atoms with van der Waals surface area (Å²) in [6.07, 6.45) is 2.00. The minimum Gasteiger partial charge on any atom is -0.496 e. The fourth-order valence-electron chi connectivity index (χ4n) is 3.85. The van der Waals surface area contributed by atoms with E-state index in [1.54, 1.807) is 14.2 Å². The van der Waals surface area contributed by atoms with Crippen molar-refractivity contribution in [2.75, 3.05) is 20.8 Å². The van der Waals surface area contributed by atoms with Crippen LogP contribution >= 0.6 is 0 Å². The second-order valence-electron chi connectivity index (χ2n) is 6.88. The van der Waals surface area contributed by atoms with Crippen molar-refractivity contribution in [3.63, 3.8) is 0 Å². The number of aromatic nitrogens is 1. The quantitative estimate of drug-likeness (QED) is 0.700. The Labute approximate surface area is 174 Å². The lowest BCUT2D eigenvalue weighted by Gasteiger charge is -2.24. The zero-order valence-corrected chi connectivity index (χ0v) is 16.8. The smallest absolute Gasteiger partial charge is 0.266 e. The molecule has 0 radical (unpaired) electrons. The molecule has 4 rings (SSSR count). The Hall–Kier alpha value is -3.82. The third-order valence-electron chi connectivity index (χ3n) is 5.21. The van der Waals surface area contributed by atoms with E-state index >= 15 is 0 Å². The highest BCUT2D eigenvalue weighted by Crippen LogP contribution is 2.37. The van der Waals surface area contributed by atoms with Crippen LogP contribution in [-0.4, -0.2) is 25.7 Å². The molecule has 0 saturated carbocycles. The molecule has 1 aliphatic heterocycles. The van der Waals surface area contributed by atoms with E-state index < -0.39 is 5.56 Å². The van der Waals surface area contributed by atoms with Crippen LogP contribution in [0.3, 0.4) is 0 Å². The van der Waals surface area contributed by atoms with Gasteiger partial charge in [-0.3, -0.25) is 4.79 Å². The number of pyridine rings is 1. The molecule has 6 heteroatoms. The standard InChI is InChI=1S/C24H21N3O3/c1-29-20-9-5-3-7-15(20)11-16-13-26-14-19-22(17-8-4-6-10-21(17)30-2)18(12-25)24(28)27-23(16)19/h3-11,26H,13-14H2,1-2H3,(H,27,28)/b16-11+. The molecule has 3 aromatic rings. The molecule has 30 heavy (non-hydrogen) atoms. The number of fused-ring (bicyclic) bond motifs is 1. The number of hydrogen-bond donors (Lipinski definition) is 2. The van der Waals surface area contributed by atoms with Gasteiger partial charge in [-0.15, -0.1) is 0 Å². The van der Waals surface area contributed by atoms with Gasteiger partial charge in [0.1, 0.15) is 23.1 Å². The summed E-state index contributed by atoms with van der Waals surface area (Å²) in [6.45, 7) is 1.11. The van der Waals surface area contributed by atoms with Gasteiger partial charge in [0.15, 0.2) is 0 Å². The van der Waals surface area contributed by atoms with E-state index in [-0.39, 0.29) is 5.56 Å². The third kappa shape index (κ3) is 3.36. The molecule has 0 fully saturated rings. The summed E-state index contributed by atoms with van der Waals surface area (Å²) in [5, 5.41) is 13.1. The molecule has 0 atom stereocenters. The number of H-pyrrole nitrogens is 1. The molecule has 0 aliphatic carbocycles. The number of nitrogens with one attached hydrogen (secondary N) is 2. The second-order valence-corrected chi connectivity index (χ2v) is 6.88. The van der Waals surface area contributed by atoms with Crippen molar-refractivity contribution in [1.29, 1.82) is 5.26 Å². The van der Waals surface area contributed by atoms with Gasteiger partial charge in [-0.1, -0.05) is 36.4 Å². The Kier molecular flexibility index (Phi) is 5.38. The van der Waals surface area contributed by atoms with Crippen LogP contribution in [0.1, 0.15) is 22.4 Å². The zero-order valence-electron chi connectivity index (χ0n) is 16.8. The molecule has 6 nitrogen and oxygen atoms in total. The maximum Gasteiger partial charge on any atom is 0.266 e. The minimum atomic E-state index is -0.412. The Morgan fingerprint density at radius 2 is 1.70 bits per heavy atom. The highest BCUT2D eigenvalue weighted by Gasteiger charge is 2.25. The van der Waals surface area contributed by atoms with Crippen LogP contribution in [0.25, 0.3) is 22.8 Å². The number of benzene rings is 2. The molecule has 2 aromatic carbocycles. The SMILES string of the molecule is COc1ccccc1/C=C1\CNCc2c1[nH]c(=O)c(C#N)c2-c1ccccc1OC. The number of methoxy groups -OCH3 is 2. The topological polar surface area (TPSA) is 87.1 Å². The van der Waals surface area contributed by atoms with Crippen LogP contribution in [0.2, 0.25) is 0 Å². The average molecular weight is 399 g/mol. The molecule has 1 aromatic heterocycles. The fraction of sp³-hybridized carbons (Fsp3) is 0.167. The van der Waals surface area contributed by atoms with Gasteiger partial charge in [0.05, 0.1) is 19.9 Å². The maximum atomic E-state index is 12.8. The molecular formula is C24H21N3O3. The first-order chi connectivity index (χ1) is 14.7. The van der Waals surface area contributed by atoms with Gasteiger partial charge in [0.25, 0.3) is 5.56 Å². The third-order valence-corrected chi connectivity index (χ3v) is 5.21. The predicted molar refractivity (Wildman–Crippen MR) is 116 cm³/mol. The Balaban J connectivity index is 1.99. The lowest BCUT2D eigenvalue weighted by molar-refractivity contribution is 0.414. The van der Waals surface area contributed by atoms with E-state index in [0.717, 1.165) is 33.7 Å². The molecule has 0 amide bonds. The molecule has 1 aliphatic rings. The summed E-state index contributed by atoms with van der Waals surface area (Å²) in [7, 11) is 3.21. The van der Waals surface area contributed by atoms with Crippen LogP contribution in [0.4, 0.5) is 0 Å². The van der Waals surface area contributed by atoms with Crippen LogP contribution < -0.4 is 20.3 Å². The zero-order chi connectivity index (χ0) is 21.1. The molecular weight excluding hydrogens is 378 g/mol. The van der Waals surface area contributed by atoms with E-state index in [0.29, 0.717) is 24.4 Å². The van der Waals surface area contributed by atoms with Crippen molar-refractivity contribution in [2.45, 2.75) is 6.54 Å². The summed E-state index contributed by atoms with van der Waals surface area (Å²) < 4.78 is 11.0. The fourth-order valence-corrected chi connectivity index (χ4v) is 3.85. The number of rotatable bonds is 4. The molecule has 0 spiro atoms. The van der Waals surface area contributed by atoms with Gasteiger partial charge in [-0.25, -0.2) is 0 Å². The lowest BCUT2D eigenvalue weighted by Crippen LogP contribution is -2.28. The van der Waals surface area contributed by atoms with Crippen LogP contribution in [0.5, 0.6) is 11.5 Å². The van der Waals surface area contributed by atoms with Gasteiger partial charge in [0, 0.05) is 29.8 Å². The van der Waals surface area contributed by atoms with Crippen LogP contribution in [0.15, 0.2) is 53.3 Å². The molecule has 0 unspecified atom stereocenters. The van der Waals surface area contributed by atoms with Gasteiger partial charge in [-0.05, 0) is 29.3 Å². The molecule has 2 N–H and O–H groups in total. The van der Waals surface area contributed by atoms with Gasteiger partial charge >= 0.3 is 0 Å². The molecule has 150 valence electrons. The largest absolute Gasteiger partial charge is 0.496 e. The number of nitrogens with zero attached hydrogens (tertiary/aromatic N) is 1. The maximum absolute atomic E-state index is 12.8. The minimum absolute atomic E-state index is 0.0820. The van der Waals surface area contributed by atoms with E-state index in [1.165, 1.54) is 0 Å². The Morgan fingerprint density at radius 1 is 1.00 bits per heavy atom. The van der Waals surface area contributed by atoms with Gasteiger partial charge < -0.3 is 19.8 Å². The number of hydrogen-bond acceptors (Lipinski definition) is 5. The first-order valence-corrected chi connectivity index (χ1v) is 9.55. The van der Waals surface area contributed by atoms with E-state index in [1.807, 2.05) is 54.6 Å². The summed E-state index contributed by atoms with van der Waals surface area (Å²) in [6, 6.07) is 17.2. The Morgan fingerprint density at radius 3 is 2.43 bits per heavy atom. The predicted octanol–water partition coefficient (Wildman–Crippen LogP) is 3.57. The van der Waals surface area contributed by atoms with Crippen molar-refractivity contribution in [3.8, 4) is 28.7 Å². The number of ether oxygens (including phenoxy) is 2. The number of nitriles is 1.